The predicted octanol–water partition coefficient (Wildman–Crippen LogP) is 7.52. The number of hydrogen-bond donors (Lipinski definition) is 1. The van der Waals surface area contributed by atoms with E-state index in [1.165, 1.54) is 47.6 Å². The number of benzene rings is 4. The number of piperidine rings is 2. The molecule has 3 fully saturated rings. The van der Waals surface area contributed by atoms with Crippen molar-refractivity contribution in [2.75, 3.05) is 70.5 Å². The van der Waals surface area contributed by atoms with E-state index in [1.54, 1.807) is 4.90 Å². The minimum atomic E-state index is -0.828. The van der Waals surface area contributed by atoms with Crippen LogP contribution in [0.1, 0.15) is 64.2 Å². The van der Waals surface area contributed by atoms with E-state index in [2.05, 4.69) is 26.8 Å². The van der Waals surface area contributed by atoms with Crippen molar-refractivity contribution in [2.45, 2.75) is 57.4 Å². The molecule has 4 aromatic carbocycles. The van der Waals surface area contributed by atoms with Gasteiger partial charge in [-0.2, -0.15) is 0 Å². The summed E-state index contributed by atoms with van der Waals surface area (Å²) in [5, 5.41) is 2.53. The van der Waals surface area contributed by atoms with E-state index >= 15 is 8.78 Å². The van der Waals surface area contributed by atoms with Crippen LogP contribution in [0.3, 0.4) is 0 Å². The molecule has 4 amide bonds. The Kier molecular flexibility index (Phi) is 15.0. The lowest BCUT2D eigenvalue weighted by molar-refractivity contribution is -0.137. The fourth-order valence-corrected chi connectivity index (χ4v) is 10.2. The molecule has 0 radical (unpaired) electrons. The third-order valence-electron chi connectivity index (χ3n) is 13.4. The fourth-order valence-electron chi connectivity index (χ4n) is 9.76. The summed E-state index contributed by atoms with van der Waals surface area (Å²) in [6.07, 6.45) is 3.23. The van der Waals surface area contributed by atoms with E-state index in [4.69, 9.17) is 37.4 Å². The molecule has 1 unspecified atom stereocenters. The first kappa shape index (κ1) is 48.9. The van der Waals surface area contributed by atoms with Gasteiger partial charge in [-0.3, -0.25) is 24.5 Å². The minimum absolute atomic E-state index is 0.0439. The number of imide groups is 1. The first-order valence-electron chi connectivity index (χ1n) is 23.2. The van der Waals surface area contributed by atoms with Crippen molar-refractivity contribution in [1.82, 2.24) is 30.0 Å². The molecule has 366 valence electrons. The molecule has 4 aliphatic rings. The molecule has 1 N–H and O–H groups in total. The van der Waals surface area contributed by atoms with Gasteiger partial charge in [0.05, 0.1) is 42.0 Å². The number of hydrogen-bond acceptors (Lipinski definition) is 11. The van der Waals surface area contributed by atoms with Gasteiger partial charge >= 0.3 is 0 Å². The largest absolute Gasteiger partial charge is 0.490 e. The maximum absolute atomic E-state index is 16.4. The molecular weight excluding hydrogens is 951 g/mol. The van der Waals surface area contributed by atoms with Crippen molar-refractivity contribution in [2.24, 2.45) is 0 Å². The second-order valence-electron chi connectivity index (χ2n) is 17.7. The van der Waals surface area contributed by atoms with Gasteiger partial charge in [-0.25, -0.2) is 23.1 Å². The number of carbonyl (C=O) groups is 4. The number of amides is 4. The average Bonchev–Trinajstić information content (AvgIpc) is 3.68. The van der Waals surface area contributed by atoms with Gasteiger partial charge in [0.2, 0.25) is 11.8 Å². The molecule has 4 aliphatic heterocycles. The molecular formula is C51H50Cl2F3N7O7. The van der Waals surface area contributed by atoms with Gasteiger partial charge < -0.3 is 33.8 Å². The molecule has 5 aromatic rings. The highest BCUT2D eigenvalue weighted by molar-refractivity contribution is 6.41. The third kappa shape index (κ3) is 10.5. The summed E-state index contributed by atoms with van der Waals surface area (Å²) in [4.78, 5) is 65.7. The Bertz CT molecular complexity index is 2840. The Balaban J connectivity index is 0.715. The number of halogens is 5. The summed E-state index contributed by atoms with van der Waals surface area (Å²) in [7, 11) is 0. The number of fused-ring (bicyclic) bond motifs is 2. The van der Waals surface area contributed by atoms with E-state index in [0.717, 1.165) is 54.7 Å². The Morgan fingerprint density at radius 1 is 0.843 bits per heavy atom. The number of nitrogens with one attached hydrogen (secondary N) is 1. The third-order valence-corrected chi connectivity index (χ3v) is 13.9. The van der Waals surface area contributed by atoms with Gasteiger partial charge in [-0.1, -0.05) is 60.1 Å². The van der Waals surface area contributed by atoms with E-state index in [1.807, 2.05) is 29.2 Å². The van der Waals surface area contributed by atoms with Crippen LogP contribution in [-0.4, -0.2) is 120 Å². The van der Waals surface area contributed by atoms with Crippen LogP contribution in [0.2, 0.25) is 5.02 Å². The van der Waals surface area contributed by atoms with Crippen LogP contribution in [0, 0.1) is 17.5 Å². The molecule has 0 aliphatic carbocycles. The second kappa shape index (κ2) is 21.5. The monoisotopic (exact) mass is 999 g/mol. The van der Waals surface area contributed by atoms with E-state index in [0.29, 0.717) is 62.8 Å². The summed E-state index contributed by atoms with van der Waals surface area (Å²) in [6.45, 7) is 9.02. The summed E-state index contributed by atoms with van der Waals surface area (Å²) >= 11 is 12.5. The van der Waals surface area contributed by atoms with Crippen LogP contribution in [0.15, 0.2) is 78.6 Å². The van der Waals surface area contributed by atoms with Gasteiger partial charge in [-0.15, -0.1) is 0 Å². The fraction of sp³-hybridized carbons (Fsp3) is 0.373. The van der Waals surface area contributed by atoms with Crippen LogP contribution in [0.5, 0.6) is 5.75 Å². The minimum Gasteiger partial charge on any atom is -0.490 e. The molecule has 1 atom stereocenters. The number of piperazine rings is 1. The standard InChI is InChI=1S/C51H50Cl2F3N7O7/c1-30(52)50(66)62-17-15-61(16-18-62)48-37-25-39(53)44(46(56)47(37)57-29-58-48)45-40(55)3-2-4-42(45)70-22-21-69-28-32-7-5-31(6-8-32)27-68-20-19-60-13-11-33(12-14-60)35-23-34(54)24-36-38(35)26-63(51(36)67)41-9-10-43(64)59-49(41)65/h2-8,23-25,29,33,41H,1,9-22,26-28H2,(H,59,64,65). The topological polar surface area (TPSA) is 147 Å². The van der Waals surface area contributed by atoms with Crippen LogP contribution in [-0.2, 0) is 43.6 Å². The molecule has 9 rings (SSSR count). The molecule has 3 saturated heterocycles. The Hall–Kier alpha value is -6.11. The quantitative estimate of drug-likeness (QED) is 0.0595. The zero-order valence-corrected chi connectivity index (χ0v) is 39.7. The first-order chi connectivity index (χ1) is 33.8. The highest BCUT2D eigenvalue weighted by Gasteiger charge is 2.41. The number of carbonyl (C=O) groups excluding carboxylic acids is 4. The van der Waals surface area contributed by atoms with Crippen LogP contribution < -0.4 is 15.0 Å². The van der Waals surface area contributed by atoms with Crippen molar-refractivity contribution in [3.8, 4) is 16.9 Å². The maximum atomic E-state index is 16.4. The van der Waals surface area contributed by atoms with Crippen molar-refractivity contribution in [1.29, 1.82) is 0 Å². The Labute approximate surface area is 412 Å². The Morgan fingerprint density at radius 2 is 1.56 bits per heavy atom. The smallest absolute Gasteiger partial charge is 0.264 e. The highest BCUT2D eigenvalue weighted by Crippen LogP contribution is 2.43. The number of rotatable bonds is 16. The van der Waals surface area contributed by atoms with Crippen molar-refractivity contribution >= 4 is 63.6 Å². The van der Waals surface area contributed by atoms with Gasteiger partial charge in [-0.05, 0) is 90.9 Å². The molecule has 19 heteroatoms. The lowest BCUT2D eigenvalue weighted by atomic mass is 9.85. The second-order valence-corrected chi connectivity index (χ2v) is 18.6. The zero-order chi connectivity index (χ0) is 49.1. The van der Waals surface area contributed by atoms with Crippen molar-refractivity contribution in [3.63, 3.8) is 0 Å². The Morgan fingerprint density at radius 3 is 2.26 bits per heavy atom. The van der Waals surface area contributed by atoms with Gasteiger partial charge in [0.15, 0.2) is 5.82 Å². The van der Waals surface area contributed by atoms with Gasteiger partial charge in [0.1, 0.15) is 47.7 Å². The van der Waals surface area contributed by atoms with Crippen LogP contribution in [0.4, 0.5) is 19.0 Å². The van der Waals surface area contributed by atoms with Crippen LogP contribution in [0.25, 0.3) is 22.0 Å². The predicted molar refractivity (Wildman–Crippen MR) is 256 cm³/mol. The van der Waals surface area contributed by atoms with E-state index in [9.17, 15) is 23.6 Å². The zero-order valence-electron chi connectivity index (χ0n) is 38.2. The SMILES string of the molecule is C=C(Cl)C(=O)N1CCN(c2ncnc3c(F)c(-c4c(F)cccc4OCCOCc4ccc(COCCN5CCC(c6cc(F)cc7c6CN(C6CCC(=O)NC6=O)C7=O)CC5)cc4)c(Cl)cc23)CC1. The van der Waals surface area contributed by atoms with E-state index in [-0.39, 0.29) is 88.7 Å². The highest BCUT2D eigenvalue weighted by atomic mass is 35.5. The lowest BCUT2D eigenvalue weighted by Gasteiger charge is -2.35. The van der Waals surface area contributed by atoms with Gasteiger partial charge in [0.25, 0.3) is 11.8 Å². The summed E-state index contributed by atoms with van der Waals surface area (Å²) < 4.78 is 64.7. The molecule has 70 heavy (non-hydrogen) atoms. The molecule has 0 saturated carbocycles. The maximum Gasteiger partial charge on any atom is 0.264 e. The van der Waals surface area contributed by atoms with Crippen LogP contribution >= 0.6 is 23.2 Å². The number of anilines is 1. The number of likely N-dealkylation sites (tertiary alicyclic amines) is 1. The van der Waals surface area contributed by atoms with Crippen molar-refractivity contribution < 1.29 is 46.6 Å². The average molecular weight is 1000 g/mol. The van der Waals surface area contributed by atoms with Crippen molar-refractivity contribution in [3.05, 3.63) is 129 Å². The molecule has 1 aromatic heterocycles. The summed E-state index contributed by atoms with van der Waals surface area (Å²) in [5.74, 6) is -3.01. The van der Waals surface area contributed by atoms with E-state index < -0.39 is 29.4 Å². The lowest BCUT2D eigenvalue weighted by Crippen LogP contribution is -2.52. The molecule has 0 bridgehead atoms. The number of aromatic nitrogens is 2. The summed E-state index contributed by atoms with van der Waals surface area (Å²) in [5.41, 5.74) is 3.44. The molecule has 5 heterocycles. The normalized spacial score (nSPS) is 17.9. The summed E-state index contributed by atoms with van der Waals surface area (Å²) in [6, 6.07) is 15.6. The molecule has 14 nitrogen and oxygen atoms in total. The molecule has 0 spiro atoms. The first-order valence-corrected chi connectivity index (χ1v) is 24.0. The van der Waals surface area contributed by atoms with Gasteiger partial charge in [0, 0.05) is 62.2 Å². The number of nitrogens with zero attached hydrogens (tertiary/aromatic N) is 6. The number of ether oxygens (including phenoxy) is 3.